The molecule has 0 amide bonds. The fourth-order valence-electron chi connectivity index (χ4n) is 4.76. The Labute approximate surface area is 197 Å². The van der Waals surface area contributed by atoms with E-state index in [-0.39, 0.29) is 5.54 Å². The first kappa shape index (κ1) is 23.7. The van der Waals surface area contributed by atoms with Gasteiger partial charge in [0, 0.05) is 26.2 Å². The molecule has 7 nitrogen and oxygen atoms in total. The number of methoxy groups -OCH3 is 1. The van der Waals surface area contributed by atoms with Crippen LogP contribution in [0.1, 0.15) is 35.1 Å². The summed E-state index contributed by atoms with van der Waals surface area (Å²) in [5.41, 5.74) is 3.71. The molecule has 1 spiro atoms. The van der Waals surface area contributed by atoms with E-state index in [0.29, 0.717) is 43.9 Å². The monoisotopic (exact) mass is 470 g/mol. The molecule has 2 heterocycles. The van der Waals surface area contributed by atoms with Crippen LogP contribution in [0.25, 0.3) is 0 Å². The first-order chi connectivity index (χ1) is 15.7. The Bertz CT molecular complexity index is 1150. The number of aliphatic imine (C=N–C) groups is 1. The number of aryl methyl sites for hydroxylation is 3. The van der Waals surface area contributed by atoms with Gasteiger partial charge in [0.15, 0.2) is 0 Å². The van der Waals surface area contributed by atoms with Gasteiger partial charge in [0.2, 0.25) is 10.0 Å². The largest absolute Gasteiger partial charge is 0.497 e. The molecule has 0 aliphatic carbocycles. The Morgan fingerprint density at radius 1 is 1.09 bits per heavy atom. The van der Waals surface area contributed by atoms with Gasteiger partial charge >= 0.3 is 0 Å². The Kier molecular flexibility index (Phi) is 6.79. The number of benzene rings is 2. The smallest absolute Gasteiger partial charge is 0.243 e. The van der Waals surface area contributed by atoms with Crippen LogP contribution in [0.5, 0.6) is 5.75 Å². The van der Waals surface area contributed by atoms with Crippen molar-refractivity contribution in [2.75, 3.05) is 33.3 Å². The molecule has 4 rings (SSSR count). The summed E-state index contributed by atoms with van der Waals surface area (Å²) >= 11 is 0. The van der Waals surface area contributed by atoms with E-state index in [1.807, 2.05) is 51.1 Å². The Morgan fingerprint density at radius 2 is 1.82 bits per heavy atom. The lowest BCUT2D eigenvalue weighted by molar-refractivity contribution is 0.241. The molecule has 2 N–H and O–H groups in total. The maximum Gasteiger partial charge on any atom is 0.243 e. The van der Waals surface area contributed by atoms with Crippen molar-refractivity contribution in [2.45, 2.75) is 50.6 Å². The third-order valence-corrected chi connectivity index (χ3v) is 8.92. The van der Waals surface area contributed by atoms with Gasteiger partial charge in [-0.1, -0.05) is 18.2 Å². The van der Waals surface area contributed by atoms with Crippen molar-refractivity contribution < 1.29 is 13.2 Å². The third kappa shape index (κ3) is 4.78. The number of nitrogens with one attached hydrogen (secondary N) is 2. The number of ether oxygens (including phenoxy) is 1. The van der Waals surface area contributed by atoms with Crippen LogP contribution >= 0.6 is 0 Å². The average Bonchev–Trinajstić information content (AvgIpc) is 2.81. The van der Waals surface area contributed by atoms with E-state index >= 15 is 0 Å². The molecule has 0 aromatic heterocycles. The minimum Gasteiger partial charge on any atom is -0.497 e. The maximum absolute atomic E-state index is 13.4. The summed E-state index contributed by atoms with van der Waals surface area (Å²) in [4.78, 5) is 5.21. The van der Waals surface area contributed by atoms with Crippen molar-refractivity contribution in [3.63, 3.8) is 0 Å². The Morgan fingerprint density at radius 3 is 2.55 bits per heavy atom. The van der Waals surface area contributed by atoms with Crippen molar-refractivity contribution in [1.82, 2.24) is 14.9 Å². The average molecular weight is 471 g/mol. The fraction of sp³-hybridized carbons (Fsp3) is 0.480. The quantitative estimate of drug-likeness (QED) is 0.702. The van der Waals surface area contributed by atoms with E-state index in [0.717, 1.165) is 40.4 Å². The van der Waals surface area contributed by atoms with E-state index in [1.54, 1.807) is 11.4 Å². The van der Waals surface area contributed by atoms with Gasteiger partial charge in [-0.3, -0.25) is 4.99 Å². The fourth-order valence-corrected chi connectivity index (χ4v) is 6.50. The third-order valence-electron chi connectivity index (χ3n) is 6.88. The van der Waals surface area contributed by atoms with E-state index in [1.165, 1.54) is 0 Å². The first-order valence-corrected chi connectivity index (χ1v) is 12.9. The van der Waals surface area contributed by atoms with Crippen molar-refractivity contribution in [3.05, 3.63) is 58.7 Å². The van der Waals surface area contributed by atoms with Gasteiger partial charge in [-0.05, 0) is 74.1 Å². The Hall–Kier alpha value is -2.42. The molecule has 2 aromatic rings. The first-order valence-electron chi connectivity index (χ1n) is 11.5. The summed E-state index contributed by atoms with van der Waals surface area (Å²) in [5.74, 6) is 1.75. The van der Waals surface area contributed by atoms with Gasteiger partial charge in [0.1, 0.15) is 11.6 Å². The van der Waals surface area contributed by atoms with Crippen molar-refractivity contribution in [2.24, 2.45) is 4.99 Å². The topological polar surface area (TPSA) is 83.0 Å². The molecule has 2 aliphatic heterocycles. The zero-order chi connectivity index (χ0) is 23.6. The molecule has 0 atom stereocenters. The van der Waals surface area contributed by atoms with Crippen LogP contribution in [-0.4, -0.2) is 57.4 Å². The minimum atomic E-state index is -3.54. The highest BCUT2D eigenvalue weighted by Gasteiger charge is 2.43. The van der Waals surface area contributed by atoms with Crippen LogP contribution in [0.3, 0.4) is 0 Å². The molecule has 0 radical (unpaired) electrons. The predicted octanol–water partition coefficient (Wildman–Crippen LogP) is 2.94. The lowest BCUT2D eigenvalue weighted by atomic mass is 9.85. The lowest BCUT2D eigenvalue weighted by Crippen LogP contribution is -2.64. The summed E-state index contributed by atoms with van der Waals surface area (Å²) in [6.45, 7) is 8.92. The highest BCUT2D eigenvalue weighted by Crippen LogP contribution is 2.31. The second kappa shape index (κ2) is 9.44. The zero-order valence-electron chi connectivity index (χ0n) is 19.9. The minimum absolute atomic E-state index is 0.318. The molecule has 0 saturated carbocycles. The molecule has 0 unspecified atom stereocenters. The van der Waals surface area contributed by atoms with Gasteiger partial charge in [-0.2, -0.15) is 4.31 Å². The molecule has 33 heavy (non-hydrogen) atoms. The van der Waals surface area contributed by atoms with Crippen LogP contribution in [0.2, 0.25) is 0 Å². The van der Waals surface area contributed by atoms with Crippen LogP contribution in [0, 0.1) is 20.8 Å². The standard InChI is InChI=1S/C25H34N4O3S/c1-18-14-20(3)23(15-19(18)2)33(30,31)29-12-8-25(9-13-29)24(26-10-11-28-25)27-17-21-6-5-7-22(16-21)32-4/h5-7,14-16,28H,8-13,17H2,1-4H3,(H,26,27). The number of nitrogens with zero attached hydrogens (tertiary/aromatic N) is 2. The number of hydrogen-bond acceptors (Lipinski definition) is 6. The van der Waals surface area contributed by atoms with Crippen LogP contribution in [0.4, 0.5) is 0 Å². The van der Waals surface area contributed by atoms with Crippen molar-refractivity contribution >= 4 is 15.9 Å². The van der Waals surface area contributed by atoms with Gasteiger partial charge in [-0.15, -0.1) is 0 Å². The normalized spacial score (nSPS) is 18.7. The molecule has 2 aliphatic rings. The van der Waals surface area contributed by atoms with Crippen LogP contribution in [0.15, 0.2) is 46.3 Å². The van der Waals surface area contributed by atoms with E-state index in [9.17, 15) is 8.42 Å². The number of rotatable bonds is 5. The number of piperidine rings is 1. The molecule has 8 heteroatoms. The van der Waals surface area contributed by atoms with Crippen molar-refractivity contribution in [3.8, 4) is 5.75 Å². The number of hydrogen-bond donors (Lipinski definition) is 2. The summed E-state index contributed by atoms with van der Waals surface area (Å²) in [6, 6.07) is 11.7. The summed E-state index contributed by atoms with van der Waals surface area (Å²) in [5, 5.41) is 7.17. The van der Waals surface area contributed by atoms with E-state index in [4.69, 9.17) is 9.73 Å². The highest BCUT2D eigenvalue weighted by molar-refractivity contribution is 7.89. The second-order valence-electron chi connectivity index (χ2n) is 9.05. The zero-order valence-corrected chi connectivity index (χ0v) is 20.8. The molecule has 1 fully saturated rings. The molecule has 0 bridgehead atoms. The summed E-state index contributed by atoms with van der Waals surface area (Å²) < 4.78 is 33.8. The summed E-state index contributed by atoms with van der Waals surface area (Å²) in [7, 11) is -1.87. The molecule has 2 aromatic carbocycles. The van der Waals surface area contributed by atoms with Gasteiger partial charge in [-0.25, -0.2) is 8.42 Å². The van der Waals surface area contributed by atoms with Crippen LogP contribution in [-0.2, 0) is 16.6 Å². The van der Waals surface area contributed by atoms with E-state index in [2.05, 4.69) is 16.7 Å². The number of sulfonamides is 1. The van der Waals surface area contributed by atoms with Crippen LogP contribution < -0.4 is 15.4 Å². The van der Waals surface area contributed by atoms with Gasteiger partial charge < -0.3 is 15.4 Å². The van der Waals surface area contributed by atoms with E-state index < -0.39 is 10.0 Å². The van der Waals surface area contributed by atoms with Gasteiger partial charge in [0.25, 0.3) is 0 Å². The highest BCUT2D eigenvalue weighted by atomic mass is 32.2. The lowest BCUT2D eigenvalue weighted by Gasteiger charge is -2.44. The Balaban J connectivity index is 1.48. The molecular weight excluding hydrogens is 436 g/mol. The SMILES string of the molecule is COc1cccc(CNC2=NCCNC23CCN(S(=O)(=O)c2cc(C)c(C)cc2C)CC3)c1. The maximum atomic E-state index is 13.4. The predicted molar refractivity (Wildman–Crippen MR) is 132 cm³/mol. The molecule has 1 saturated heterocycles. The number of amidine groups is 1. The molecular formula is C25H34N4O3S. The molecule has 178 valence electrons. The second-order valence-corrected chi connectivity index (χ2v) is 11.0. The van der Waals surface area contributed by atoms with Gasteiger partial charge in [0.05, 0.1) is 24.1 Å². The summed E-state index contributed by atoms with van der Waals surface area (Å²) in [6.07, 6.45) is 1.36. The van der Waals surface area contributed by atoms with Crippen molar-refractivity contribution in [1.29, 1.82) is 0 Å².